The summed E-state index contributed by atoms with van der Waals surface area (Å²) in [5.74, 6) is 0.199. The van der Waals surface area contributed by atoms with Gasteiger partial charge in [-0.1, -0.05) is 48.0 Å². The molecular formula is C28H27ClN2O5. The number of rotatable bonds is 9. The van der Waals surface area contributed by atoms with Crippen molar-refractivity contribution in [2.24, 2.45) is 0 Å². The van der Waals surface area contributed by atoms with E-state index in [0.717, 1.165) is 16.0 Å². The first kappa shape index (κ1) is 25.3. The number of hydrogen-bond donors (Lipinski definition) is 0. The molecule has 1 aliphatic heterocycles. The first-order chi connectivity index (χ1) is 17.4. The summed E-state index contributed by atoms with van der Waals surface area (Å²) in [5.41, 5.74) is 2.19. The van der Waals surface area contributed by atoms with Crippen LogP contribution in [0.4, 0.5) is 5.69 Å². The molecule has 36 heavy (non-hydrogen) atoms. The number of hydrogen-bond acceptors (Lipinski definition) is 5. The number of benzene rings is 3. The lowest BCUT2D eigenvalue weighted by atomic mass is 10.1. The Labute approximate surface area is 215 Å². The van der Waals surface area contributed by atoms with Crippen LogP contribution in [0.1, 0.15) is 17.5 Å². The lowest BCUT2D eigenvalue weighted by Gasteiger charge is -2.28. The van der Waals surface area contributed by atoms with Gasteiger partial charge in [-0.3, -0.25) is 14.4 Å². The Morgan fingerprint density at radius 3 is 2.31 bits per heavy atom. The largest absolute Gasteiger partial charge is 0.493 e. The van der Waals surface area contributed by atoms with Crippen molar-refractivity contribution in [3.8, 4) is 11.5 Å². The van der Waals surface area contributed by atoms with Crippen molar-refractivity contribution in [2.75, 3.05) is 25.7 Å². The van der Waals surface area contributed by atoms with E-state index in [0.29, 0.717) is 28.6 Å². The molecule has 1 heterocycles. The van der Waals surface area contributed by atoms with Gasteiger partial charge in [-0.05, 0) is 53.9 Å². The van der Waals surface area contributed by atoms with Crippen LogP contribution in [-0.4, -0.2) is 49.4 Å². The average molecular weight is 507 g/mol. The predicted octanol–water partition coefficient (Wildman–Crippen LogP) is 4.30. The molecule has 1 fully saturated rings. The molecule has 3 aromatic carbocycles. The van der Waals surface area contributed by atoms with Gasteiger partial charge in [-0.2, -0.15) is 0 Å². The lowest BCUT2D eigenvalue weighted by Crippen LogP contribution is -2.47. The first-order valence-corrected chi connectivity index (χ1v) is 12.0. The zero-order valence-corrected chi connectivity index (χ0v) is 20.9. The zero-order chi connectivity index (χ0) is 25.7. The number of halogens is 1. The Morgan fingerprint density at radius 1 is 0.944 bits per heavy atom. The van der Waals surface area contributed by atoms with E-state index in [1.807, 2.05) is 42.5 Å². The van der Waals surface area contributed by atoms with Gasteiger partial charge in [0.15, 0.2) is 11.5 Å². The van der Waals surface area contributed by atoms with E-state index in [1.165, 1.54) is 4.90 Å². The van der Waals surface area contributed by atoms with Gasteiger partial charge in [-0.25, -0.2) is 4.90 Å². The molecule has 0 saturated carbocycles. The van der Waals surface area contributed by atoms with Crippen molar-refractivity contribution in [3.63, 3.8) is 0 Å². The molecule has 1 unspecified atom stereocenters. The van der Waals surface area contributed by atoms with Gasteiger partial charge in [0.05, 0.1) is 32.7 Å². The standard InChI is InChI=1S/C28H27ClN2O5/c1-35-24-13-8-20(16-25(24)36-2)14-15-30(26(32)17-19-6-4-3-5-7-19)23-18-27(33)31(28(23)34)22-11-9-21(29)10-12-22/h3-13,16,23H,14-15,17-18H2,1-2H3. The summed E-state index contributed by atoms with van der Waals surface area (Å²) in [6.45, 7) is 0.263. The molecule has 3 aromatic rings. The van der Waals surface area contributed by atoms with Crippen molar-refractivity contribution >= 4 is 35.0 Å². The first-order valence-electron chi connectivity index (χ1n) is 11.6. The second-order valence-electron chi connectivity index (χ2n) is 8.45. The monoisotopic (exact) mass is 506 g/mol. The molecule has 3 amide bonds. The summed E-state index contributed by atoms with van der Waals surface area (Å²) >= 11 is 5.97. The minimum absolute atomic E-state index is 0.0755. The molecule has 1 aliphatic rings. The Morgan fingerprint density at radius 2 is 1.64 bits per heavy atom. The Kier molecular flexibility index (Phi) is 7.90. The maximum Gasteiger partial charge on any atom is 0.257 e. The molecule has 1 atom stereocenters. The summed E-state index contributed by atoms with van der Waals surface area (Å²) in [5, 5.41) is 0.504. The number of ether oxygens (including phenoxy) is 2. The molecule has 7 nitrogen and oxygen atoms in total. The number of carbonyl (C=O) groups excluding carboxylic acids is 3. The fraction of sp³-hybridized carbons (Fsp3) is 0.250. The highest BCUT2D eigenvalue weighted by Crippen LogP contribution is 2.30. The fourth-order valence-electron chi connectivity index (χ4n) is 4.33. The van der Waals surface area contributed by atoms with Crippen LogP contribution in [0.5, 0.6) is 11.5 Å². The van der Waals surface area contributed by atoms with E-state index in [2.05, 4.69) is 0 Å². The van der Waals surface area contributed by atoms with Gasteiger partial charge in [0.2, 0.25) is 11.8 Å². The van der Waals surface area contributed by atoms with Gasteiger partial charge in [0.25, 0.3) is 5.91 Å². The third-order valence-electron chi connectivity index (χ3n) is 6.19. The van der Waals surface area contributed by atoms with Crippen LogP contribution in [0, 0.1) is 0 Å². The van der Waals surface area contributed by atoms with E-state index >= 15 is 0 Å². The lowest BCUT2D eigenvalue weighted by molar-refractivity contribution is -0.137. The van der Waals surface area contributed by atoms with Crippen molar-refractivity contribution < 1.29 is 23.9 Å². The summed E-state index contributed by atoms with van der Waals surface area (Å²) in [4.78, 5) is 42.5. The van der Waals surface area contributed by atoms with Gasteiger partial charge in [0.1, 0.15) is 6.04 Å². The average Bonchev–Trinajstić information content (AvgIpc) is 3.18. The molecule has 4 rings (SSSR count). The van der Waals surface area contributed by atoms with Gasteiger partial charge >= 0.3 is 0 Å². The molecule has 0 radical (unpaired) electrons. The quantitative estimate of drug-likeness (QED) is 0.404. The van der Waals surface area contributed by atoms with Crippen LogP contribution in [0.2, 0.25) is 5.02 Å². The van der Waals surface area contributed by atoms with E-state index in [9.17, 15) is 14.4 Å². The van der Waals surface area contributed by atoms with Crippen molar-refractivity contribution in [1.82, 2.24) is 4.90 Å². The molecule has 0 N–H and O–H groups in total. The minimum Gasteiger partial charge on any atom is -0.493 e. The Bertz CT molecular complexity index is 1250. The van der Waals surface area contributed by atoms with Crippen LogP contribution < -0.4 is 14.4 Å². The number of amides is 3. The third kappa shape index (κ3) is 5.52. The number of carbonyl (C=O) groups is 3. The molecule has 1 saturated heterocycles. The fourth-order valence-corrected chi connectivity index (χ4v) is 4.46. The van der Waals surface area contributed by atoms with E-state index in [1.54, 1.807) is 44.6 Å². The van der Waals surface area contributed by atoms with Crippen molar-refractivity contribution in [1.29, 1.82) is 0 Å². The highest BCUT2D eigenvalue weighted by Gasteiger charge is 2.44. The SMILES string of the molecule is COc1ccc(CCN(C(=O)Cc2ccccc2)C2CC(=O)N(c3ccc(Cl)cc3)C2=O)cc1OC. The maximum absolute atomic E-state index is 13.5. The summed E-state index contributed by atoms with van der Waals surface area (Å²) in [7, 11) is 3.13. The second-order valence-corrected chi connectivity index (χ2v) is 8.89. The summed E-state index contributed by atoms with van der Waals surface area (Å²) in [6, 6.07) is 20.5. The number of imide groups is 1. The van der Waals surface area contributed by atoms with E-state index in [-0.39, 0.29) is 31.2 Å². The highest BCUT2D eigenvalue weighted by molar-refractivity contribution is 6.30. The molecule has 0 bridgehead atoms. The molecule has 8 heteroatoms. The number of methoxy groups -OCH3 is 2. The van der Waals surface area contributed by atoms with Gasteiger partial charge in [-0.15, -0.1) is 0 Å². The second kappa shape index (κ2) is 11.3. The van der Waals surface area contributed by atoms with E-state index in [4.69, 9.17) is 21.1 Å². The highest BCUT2D eigenvalue weighted by atomic mass is 35.5. The van der Waals surface area contributed by atoms with Crippen molar-refractivity contribution in [2.45, 2.75) is 25.3 Å². The summed E-state index contributed by atoms with van der Waals surface area (Å²) < 4.78 is 10.7. The minimum atomic E-state index is -0.885. The zero-order valence-electron chi connectivity index (χ0n) is 20.1. The third-order valence-corrected chi connectivity index (χ3v) is 6.44. The number of nitrogens with zero attached hydrogens (tertiary/aromatic N) is 2. The number of anilines is 1. The van der Waals surface area contributed by atoms with Crippen LogP contribution in [0.25, 0.3) is 0 Å². The van der Waals surface area contributed by atoms with Gasteiger partial charge < -0.3 is 14.4 Å². The Hall–Kier alpha value is -3.84. The van der Waals surface area contributed by atoms with Crippen LogP contribution >= 0.6 is 11.6 Å². The molecule has 0 aliphatic carbocycles. The van der Waals surface area contributed by atoms with Crippen LogP contribution in [0.3, 0.4) is 0 Å². The van der Waals surface area contributed by atoms with Crippen LogP contribution in [0.15, 0.2) is 72.8 Å². The molecule has 0 aromatic heterocycles. The van der Waals surface area contributed by atoms with E-state index < -0.39 is 11.9 Å². The predicted molar refractivity (Wildman–Crippen MR) is 137 cm³/mol. The van der Waals surface area contributed by atoms with Crippen LogP contribution in [-0.2, 0) is 27.2 Å². The normalized spacial score (nSPS) is 15.2. The smallest absolute Gasteiger partial charge is 0.257 e. The molecule has 186 valence electrons. The topological polar surface area (TPSA) is 76.2 Å². The molecule has 0 spiro atoms. The van der Waals surface area contributed by atoms with Crippen molar-refractivity contribution in [3.05, 3.63) is 88.9 Å². The maximum atomic E-state index is 13.5. The Balaban J connectivity index is 1.59. The molecular weight excluding hydrogens is 480 g/mol. The summed E-state index contributed by atoms with van der Waals surface area (Å²) in [6.07, 6.45) is 0.527. The van der Waals surface area contributed by atoms with Gasteiger partial charge in [0, 0.05) is 11.6 Å².